The maximum absolute atomic E-state index is 12.4. The van der Waals surface area contributed by atoms with E-state index in [0.29, 0.717) is 18.9 Å². The first-order valence-corrected chi connectivity index (χ1v) is 8.81. The molecule has 0 aliphatic carbocycles. The van der Waals surface area contributed by atoms with Crippen LogP contribution in [-0.2, 0) is 11.3 Å². The second-order valence-corrected chi connectivity index (χ2v) is 5.92. The van der Waals surface area contributed by atoms with Gasteiger partial charge in [-0.15, -0.1) is 0 Å². The number of amides is 1. The third kappa shape index (κ3) is 5.60. The van der Waals surface area contributed by atoms with Crippen LogP contribution in [0.25, 0.3) is 0 Å². The number of hydrogen-bond acceptors (Lipinski definition) is 4. The number of carbonyl (C=O) groups is 1. The lowest BCUT2D eigenvalue weighted by atomic mass is 10.3. The normalized spacial score (nSPS) is 10.3. The Morgan fingerprint density at radius 2 is 1.78 bits per heavy atom. The monoisotopic (exact) mass is 333 g/mol. The third-order valence-corrected chi connectivity index (χ3v) is 4.03. The Balaban J connectivity index is 1.87. The van der Waals surface area contributed by atoms with Crippen molar-refractivity contribution in [2.24, 2.45) is 0 Å². The quantitative estimate of drug-likeness (QED) is 0.697. The number of hydrogen-bond donors (Lipinski definition) is 0. The van der Waals surface area contributed by atoms with Crippen molar-refractivity contribution in [1.29, 1.82) is 0 Å². The molecule has 2 rings (SSSR count). The van der Waals surface area contributed by atoms with Gasteiger partial charge in [0.25, 0.3) is 5.91 Å². The Morgan fingerprint density at radius 1 is 1.09 bits per heavy atom. The van der Waals surface area contributed by atoms with E-state index in [0.717, 1.165) is 24.3 Å². The van der Waals surface area contributed by atoms with Crippen molar-refractivity contribution >= 4 is 17.2 Å². The Bertz CT molecular complexity index is 581. The Hall–Kier alpha value is -2.01. The first-order chi connectivity index (χ1) is 11.2. The molecule has 0 unspecified atom stereocenters. The van der Waals surface area contributed by atoms with Crippen LogP contribution < -0.4 is 9.47 Å². The van der Waals surface area contributed by atoms with Crippen LogP contribution in [0.3, 0.4) is 0 Å². The summed E-state index contributed by atoms with van der Waals surface area (Å²) in [5.41, 5.74) is 1.16. The zero-order valence-electron chi connectivity index (χ0n) is 13.7. The van der Waals surface area contributed by atoms with Crippen LogP contribution in [-0.4, -0.2) is 30.6 Å². The van der Waals surface area contributed by atoms with E-state index >= 15 is 0 Å². The molecule has 0 spiro atoms. The van der Waals surface area contributed by atoms with Gasteiger partial charge >= 0.3 is 0 Å². The van der Waals surface area contributed by atoms with Gasteiger partial charge in [0.2, 0.25) is 0 Å². The van der Waals surface area contributed by atoms with Crippen LogP contribution in [0.4, 0.5) is 0 Å². The Morgan fingerprint density at radius 3 is 2.35 bits per heavy atom. The number of benzene rings is 1. The lowest BCUT2D eigenvalue weighted by Gasteiger charge is -2.21. The second kappa shape index (κ2) is 9.20. The van der Waals surface area contributed by atoms with Crippen molar-refractivity contribution in [3.8, 4) is 11.5 Å². The number of thiophene rings is 1. The summed E-state index contributed by atoms with van der Waals surface area (Å²) < 4.78 is 11.0. The van der Waals surface area contributed by atoms with Crippen LogP contribution in [0, 0.1) is 0 Å². The van der Waals surface area contributed by atoms with Crippen LogP contribution in [0.1, 0.15) is 25.8 Å². The van der Waals surface area contributed by atoms with Gasteiger partial charge in [0.15, 0.2) is 6.61 Å². The van der Waals surface area contributed by atoms with E-state index in [1.807, 2.05) is 47.5 Å². The molecule has 0 saturated heterocycles. The van der Waals surface area contributed by atoms with Gasteiger partial charge in [-0.3, -0.25) is 4.79 Å². The van der Waals surface area contributed by atoms with Gasteiger partial charge in [-0.05, 0) is 60.0 Å². The molecule has 0 fully saturated rings. The topological polar surface area (TPSA) is 38.8 Å². The summed E-state index contributed by atoms with van der Waals surface area (Å²) in [6.07, 6.45) is 0.929. The number of rotatable bonds is 9. The van der Waals surface area contributed by atoms with Gasteiger partial charge in [0, 0.05) is 13.1 Å². The SMILES string of the molecule is CCCN(Cc1ccsc1)C(=O)COc1ccc(OCC)cc1. The summed E-state index contributed by atoms with van der Waals surface area (Å²) in [6, 6.07) is 9.38. The summed E-state index contributed by atoms with van der Waals surface area (Å²) in [5.74, 6) is 1.48. The van der Waals surface area contributed by atoms with Crippen molar-refractivity contribution in [3.63, 3.8) is 0 Å². The summed E-state index contributed by atoms with van der Waals surface area (Å²) >= 11 is 1.65. The molecule has 0 N–H and O–H groups in total. The van der Waals surface area contributed by atoms with Crippen LogP contribution in [0.5, 0.6) is 11.5 Å². The average molecular weight is 333 g/mol. The van der Waals surface area contributed by atoms with Gasteiger partial charge in [0.05, 0.1) is 6.61 Å². The lowest BCUT2D eigenvalue weighted by molar-refractivity contribution is -0.134. The van der Waals surface area contributed by atoms with Crippen molar-refractivity contribution in [2.45, 2.75) is 26.8 Å². The summed E-state index contributed by atoms with van der Waals surface area (Å²) in [6.45, 7) is 6.08. The van der Waals surface area contributed by atoms with E-state index in [1.165, 1.54) is 0 Å². The molecule has 4 nitrogen and oxygen atoms in total. The summed E-state index contributed by atoms with van der Waals surface area (Å²) in [5, 5.41) is 4.10. The molecular formula is C18H23NO3S. The third-order valence-electron chi connectivity index (χ3n) is 3.30. The van der Waals surface area contributed by atoms with Crippen molar-refractivity contribution in [3.05, 3.63) is 46.7 Å². The van der Waals surface area contributed by atoms with E-state index in [9.17, 15) is 4.79 Å². The van der Waals surface area contributed by atoms with E-state index in [-0.39, 0.29) is 12.5 Å². The minimum Gasteiger partial charge on any atom is -0.494 e. The highest BCUT2D eigenvalue weighted by molar-refractivity contribution is 7.07. The van der Waals surface area contributed by atoms with E-state index in [4.69, 9.17) is 9.47 Å². The van der Waals surface area contributed by atoms with Gasteiger partial charge in [-0.1, -0.05) is 6.92 Å². The predicted octanol–water partition coefficient (Wildman–Crippen LogP) is 3.96. The maximum Gasteiger partial charge on any atom is 0.260 e. The van der Waals surface area contributed by atoms with Crippen LogP contribution in [0.2, 0.25) is 0 Å². The van der Waals surface area contributed by atoms with Crippen molar-refractivity contribution < 1.29 is 14.3 Å². The summed E-state index contributed by atoms with van der Waals surface area (Å²) in [4.78, 5) is 14.2. The fourth-order valence-corrected chi connectivity index (χ4v) is 2.86. The Labute approximate surface area is 141 Å². The minimum atomic E-state index is 0.00642. The molecule has 0 bridgehead atoms. The molecule has 0 aliphatic heterocycles. The fraction of sp³-hybridized carbons (Fsp3) is 0.389. The van der Waals surface area contributed by atoms with Gasteiger partial charge in [-0.2, -0.15) is 11.3 Å². The highest BCUT2D eigenvalue weighted by Gasteiger charge is 2.14. The molecule has 1 heterocycles. The van der Waals surface area contributed by atoms with Gasteiger partial charge < -0.3 is 14.4 Å². The van der Waals surface area contributed by atoms with E-state index in [1.54, 1.807) is 11.3 Å². The average Bonchev–Trinajstić information content (AvgIpc) is 3.07. The standard InChI is InChI=1S/C18H23NO3S/c1-3-10-19(12-15-9-11-23-14-15)18(20)13-22-17-7-5-16(6-8-17)21-4-2/h5-9,11,14H,3-4,10,12-13H2,1-2H3. The molecule has 124 valence electrons. The highest BCUT2D eigenvalue weighted by atomic mass is 32.1. The largest absolute Gasteiger partial charge is 0.494 e. The fourth-order valence-electron chi connectivity index (χ4n) is 2.20. The maximum atomic E-state index is 12.4. The first-order valence-electron chi connectivity index (χ1n) is 7.87. The molecular weight excluding hydrogens is 310 g/mol. The van der Waals surface area contributed by atoms with Crippen LogP contribution >= 0.6 is 11.3 Å². The minimum absolute atomic E-state index is 0.00642. The van der Waals surface area contributed by atoms with Crippen molar-refractivity contribution in [2.75, 3.05) is 19.8 Å². The first kappa shape index (κ1) is 17.3. The Kier molecular flexibility index (Phi) is 6.94. The molecule has 1 aromatic heterocycles. The molecule has 2 aromatic rings. The zero-order chi connectivity index (χ0) is 16.5. The molecule has 0 saturated carbocycles. The summed E-state index contributed by atoms with van der Waals surface area (Å²) in [7, 11) is 0. The lowest BCUT2D eigenvalue weighted by Crippen LogP contribution is -2.35. The second-order valence-electron chi connectivity index (χ2n) is 5.14. The van der Waals surface area contributed by atoms with Crippen molar-refractivity contribution in [1.82, 2.24) is 4.90 Å². The van der Waals surface area contributed by atoms with E-state index < -0.39 is 0 Å². The number of nitrogens with zero attached hydrogens (tertiary/aromatic N) is 1. The molecule has 0 atom stereocenters. The molecule has 23 heavy (non-hydrogen) atoms. The molecule has 0 radical (unpaired) electrons. The molecule has 1 amide bonds. The van der Waals surface area contributed by atoms with E-state index in [2.05, 4.69) is 12.3 Å². The smallest absolute Gasteiger partial charge is 0.260 e. The number of carbonyl (C=O) groups excluding carboxylic acids is 1. The highest BCUT2D eigenvalue weighted by Crippen LogP contribution is 2.18. The van der Waals surface area contributed by atoms with Crippen LogP contribution in [0.15, 0.2) is 41.1 Å². The number of ether oxygens (including phenoxy) is 2. The molecule has 5 heteroatoms. The van der Waals surface area contributed by atoms with Gasteiger partial charge in [-0.25, -0.2) is 0 Å². The zero-order valence-corrected chi connectivity index (χ0v) is 14.5. The van der Waals surface area contributed by atoms with Gasteiger partial charge in [0.1, 0.15) is 11.5 Å². The predicted molar refractivity (Wildman–Crippen MR) is 93.1 cm³/mol. The molecule has 0 aliphatic rings. The molecule has 1 aromatic carbocycles.